The minimum atomic E-state index is 0. The van der Waals surface area contributed by atoms with Crippen molar-refractivity contribution in [2.45, 2.75) is 20.3 Å². The molecule has 0 bridgehead atoms. The molecule has 3 rings (SSSR count). The first-order chi connectivity index (χ1) is 7.79. The Kier molecular flexibility index (Phi) is 11.7. The summed E-state index contributed by atoms with van der Waals surface area (Å²) in [5, 5.41) is 2.79. The summed E-state index contributed by atoms with van der Waals surface area (Å²) in [5.74, 6) is 0. The van der Waals surface area contributed by atoms with E-state index in [1.807, 2.05) is 12.2 Å². The Balaban J connectivity index is 0. The maximum atomic E-state index is 2.99. The molecule has 3 heteroatoms. The van der Waals surface area contributed by atoms with Gasteiger partial charge in [0.1, 0.15) is 0 Å². The zero-order chi connectivity index (χ0) is 11.4. The van der Waals surface area contributed by atoms with E-state index in [1.165, 1.54) is 21.9 Å². The van der Waals surface area contributed by atoms with E-state index in [0.717, 1.165) is 6.42 Å². The molecule has 0 N–H and O–H groups in total. The van der Waals surface area contributed by atoms with Gasteiger partial charge in [-0.05, 0) is 6.92 Å². The van der Waals surface area contributed by atoms with E-state index in [9.17, 15) is 0 Å². The van der Waals surface area contributed by atoms with Crippen molar-refractivity contribution >= 4 is 10.8 Å². The monoisotopic (exact) mass is 368 g/mol. The molecule has 1 aliphatic rings. The van der Waals surface area contributed by atoms with E-state index in [2.05, 4.69) is 56.3 Å². The molecule has 0 unspecified atom stereocenters. The first-order valence-corrected chi connectivity index (χ1v) is 5.62. The zero-order valence-corrected chi connectivity index (χ0v) is 15.1. The number of hydrogen-bond acceptors (Lipinski definition) is 0. The molecule has 0 aliphatic heterocycles. The van der Waals surface area contributed by atoms with Gasteiger partial charge in [-0.3, -0.25) is 6.08 Å². The van der Waals surface area contributed by atoms with Gasteiger partial charge in [0.25, 0.3) is 0 Å². The molecule has 0 nitrogen and oxygen atoms in total. The van der Waals surface area contributed by atoms with Gasteiger partial charge in [0.2, 0.25) is 0 Å². The SMILES string of the molecule is Cc1ccc(C)c2[cH-]ccc12.[C-]1=CC=CC1.[Cl-].[Cl-].[Zr+4]. The van der Waals surface area contributed by atoms with Gasteiger partial charge in [0, 0.05) is 0 Å². The molecule has 2 aromatic carbocycles. The molecule has 0 amide bonds. The molecule has 2 aromatic rings. The van der Waals surface area contributed by atoms with Gasteiger partial charge >= 0.3 is 26.2 Å². The van der Waals surface area contributed by atoms with Crippen molar-refractivity contribution in [1.29, 1.82) is 0 Å². The van der Waals surface area contributed by atoms with E-state index in [-0.39, 0.29) is 51.0 Å². The van der Waals surface area contributed by atoms with E-state index < -0.39 is 0 Å². The molecule has 0 heterocycles. The summed E-state index contributed by atoms with van der Waals surface area (Å²) in [4.78, 5) is 0. The molecule has 0 atom stereocenters. The summed E-state index contributed by atoms with van der Waals surface area (Å²) in [6.45, 7) is 4.31. The van der Waals surface area contributed by atoms with Crippen LogP contribution in [0.15, 0.2) is 48.6 Å². The average molecular weight is 370 g/mol. The van der Waals surface area contributed by atoms with E-state index in [0.29, 0.717) is 0 Å². The van der Waals surface area contributed by atoms with Crippen LogP contribution in [0.3, 0.4) is 0 Å². The van der Waals surface area contributed by atoms with Crippen LogP contribution in [0.25, 0.3) is 10.8 Å². The summed E-state index contributed by atoms with van der Waals surface area (Å²) in [6.07, 6.45) is 10.0. The molecule has 0 fully saturated rings. The predicted molar refractivity (Wildman–Crippen MR) is 70.6 cm³/mol. The van der Waals surface area contributed by atoms with Crippen LogP contribution in [-0.4, -0.2) is 0 Å². The van der Waals surface area contributed by atoms with Crippen LogP contribution in [0.2, 0.25) is 0 Å². The Morgan fingerprint density at radius 2 is 1.74 bits per heavy atom. The van der Waals surface area contributed by atoms with Crippen LogP contribution in [0.5, 0.6) is 0 Å². The summed E-state index contributed by atoms with van der Waals surface area (Å²) in [5.41, 5.74) is 2.74. The Hall–Kier alpha value is -0.227. The van der Waals surface area contributed by atoms with Gasteiger partial charge in [-0.2, -0.15) is 18.2 Å². The van der Waals surface area contributed by atoms with Crippen molar-refractivity contribution in [3.8, 4) is 0 Å². The van der Waals surface area contributed by atoms with Crippen molar-refractivity contribution in [1.82, 2.24) is 0 Å². The summed E-state index contributed by atoms with van der Waals surface area (Å²) in [6, 6.07) is 10.8. The quantitative estimate of drug-likeness (QED) is 0.495. The smallest absolute Gasteiger partial charge is 1.00 e. The van der Waals surface area contributed by atoms with Crippen molar-refractivity contribution in [3.05, 3.63) is 65.8 Å². The topological polar surface area (TPSA) is 0 Å². The average Bonchev–Trinajstić information content (AvgIpc) is 2.94. The number of rotatable bonds is 0. The summed E-state index contributed by atoms with van der Waals surface area (Å²) < 4.78 is 0. The molecule has 98 valence electrons. The van der Waals surface area contributed by atoms with Crippen molar-refractivity contribution < 1.29 is 51.0 Å². The van der Waals surface area contributed by atoms with E-state index in [4.69, 9.17) is 0 Å². The molecule has 19 heavy (non-hydrogen) atoms. The van der Waals surface area contributed by atoms with Gasteiger partial charge in [-0.15, -0.1) is 34.9 Å². The van der Waals surface area contributed by atoms with Gasteiger partial charge in [-0.1, -0.05) is 18.6 Å². The molecule has 0 spiro atoms. The predicted octanol–water partition coefficient (Wildman–Crippen LogP) is -1.51. The largest absolute Gasteiger partial charge is 4.00 e. The van der Waals surface area contributed by atoms with Gasteiger partial charge in [-0.25, -0.2) is 12.2 Å². The van der Waals surface area contributed by atoms with Crippen LogP contribution in [0.4, 0.5) is 0 Å². The third kappa shape index (κ3) is 5.73. The summed E-state index contributed by atoms with van der Waals surface area (Å²) in [7, 11) is 0. The van der Waals surface area contributed by atoms with E-state index in [1.54, 1.807) is 0 Å². The van der Waals surface area contributed by atoms with E-state index >= 15 is 0 Å². The number of halogens is 2. The Labute approximate surface area is 147 Å². The second kappa shape index (κ2) is 10.5. The van der Waals surface area contributed by atoms with Crippen LogP contribution in [0, 0.1) is 19.9 Å². The van der Waals surface area contributed by atoms with Crippen LogP contribution < -0.4 is 24.8 Å². The third-order valence-corrected chi connectivity index (χ3v) is 2.83. The Bertz CT molecular complexity index is 493. The van der Waals surface area contributed by atoms with Gasteiger partial charge < -0.3 is 24.8 Å². The molecule has 0 aromatic heterocycles. The Morgan fingerprint density at radius 1 is 1.05 bits per heavy atom. The number of fused-ring (bicyclic) bond motifs is 1. The Morgan fingerprint density at radius 3 is 2.21 bits per heavy atom. The molecule has 0 radical (unpaired) electrons. The van der Waals surface area contributed by atoms with Crippen molar-refractivity contribution in [2.24, 2.45) is 0 Å². The molecule has 0 saturated heterocycles. The van der Waals surface area contributed by atoms with Gasteiger partial charge in [0.05, 0.1) is 0 Å². The third-order valence-electron chi connectivity index (χ3n) is 2.83. The zero-order valence-electron chi connectivity index (χ0n) is 11.1. The summed E-state index contributed by atoms with van der Waals surface area (Å²) >= 11 is 0. The second-order valence-electron chi connectivity index (χ2n) is 4.06. The molecule has 1 aliphatic carbocycles. The molecular weight excluding hydrogens is 354 g/mol. The first-order valence-electron chi connectivity index (χ1n) is 5.62. The number of aryl methyl sites for hydroxylation is 2. The molecular formula is C16H16Cl2Zr. The van der Waals surface area contributed by atoms with Crippen molar-refractivity contribution in [2.75, 3.05) is 0 Å². The van der Waals surface area contributed by atoms with Gasteiger partial charge in [0.15, 0.2) is 0 Å². The second-order valence-corrected chi connectivity index (χ2v) is 4.06. The maximum Gasteiger partial charge on any atom is 4.00 e. The number of hydrogen-bond donors (Lipinski definition) is 0. The molecule has 0 saturated carbocycles. The van der Waals surface area contributed by atoms with Crippen molar-refractivity contribution in [3.63, 3.8) is 0 Å². The van der Waals surface area contributed by atoms with Crippen LogP contribution in [0.1, 0.15) is 17.5 Å². The fraction of sp³-hybridized carbons (Fsp3) is 0.188. The maximum absolute atomic E-state index is 2.99. The van der Waals surface area contributed by atoms with Crippen LogP contribution in [-0.2, 0) is 26.2 Å². The van der Waals surface area contributed by atoms with Crippen LogP contribution >= 0.6 is 0 Å². The minimum Gasteiger partial charge on any atom is -1.00 e. The number of benzene rings is 1. The fourth-order valence-corrected chi connectivity index (χ4v) is 1.88. The number of allylic oxidation sites excluding steroid dienone is 4. The minimum absolute atomic E-state index is 0. The fourth-order valence-electron chi connectivity index (χ4n) is 1.88. The normalized spacial score (nSPS) is 10.8. The first kappa shape index (κ1) is 21.1. The standard InChI is InChI=1S/C11H11.C5H5.2ClH.Zr/c1-8-6-7-9(2)11-5-3-4-10(8)11;1-2-4-5-3-1;;;/h3-7H,1-2H3;1-3H,4H2;2*1H;/q2*-1;;;+4/p-2.